The summed E-state index contributed by atoms with van der Waals surface area (Å²) in [7, 11) is 0. The van der Waals surface area contributed by atoms with Crippen LogP contribution in [0.2, 0.25) is 0 Å². The Morgan fingerprint density at radius 1 is 1.13 bits per heavy atom. The van der Waals surface area contributed by atoms with Crippen molar-refractivity contribution in [2.24, 2.45) is 0 Å². The lowest BCUT2D eigenvalue weighted by molar-refractivity contribution is 0.571. The van der Waals surface area contributed by atoms with Crippen LogP contribution in [-0.2, 0) is 6.54 Å². The minimum absolute atomic E-state index is 0.320. The van der Waals surface area contributed by atoms with Crippen molar-refractivity contribution in [3.63, 3.8) is 0 Å². The van der Waals surface area contributed by atoms with E-state index in [0.717, 1.165) is 6.07 Å². The van der Waals surface area contributed by atoms with Gasteiger partial charge in [0.15, 0.2) is 0 Å². The fraction of sp³-hybridized carbons (Fsp3) is 0.0909. The summed E-state index contributed by atoms with van der Waals surface area (Å²) >= 11 is 0. The Labute approximate surface area is 86.1 Å². The summed E-state index contributed by atoms with van der Waals surface area (Å²) in [5.74, 6) is -1.09. The minimum Gasteiger partial charge on any atom is -0.322 e. The fourth-order valence-corrected chi connectivity index (χ4v) is 1.28. The van der Waals surface area contributed by atoms with Crippen LogP contribution in [0.15, 0.2) is 42.7 Å². The minimum atomic E-state index is -0.558. The van der Waals surface area contributed by atoms with Gasteiger partial charge >= 0.3 is 0 Å². The monoisotopic (exact) mass is 208 g/mol. The molecule has 0 amide bonds. The van der Waals surface area contributed by atoms with E-state index in [-0.39, 0.29) is 0 Å². The maximum absolute atomic E-state index is 13.2. The highest BCUT2D eigenvalue weighted by molar-refractivity contribution is 5.19. The van der Waals surface area contributed by atoms with Gasteiger partial charge in [0.2, 0.25) is 0 Å². The van der Waals surface area contributed by atoms with E-state index in [2.05, 4.69) is 5.43 Å². The highest BCUT2D eigenvalue weighted by Gasteiger charge is 2.02. The van der Waals surface area contributed by atoms with Gasteiger partial charge in [-0.25, -0.2) is 8.78 Å². The normalized spacial score (nSPS) is 10.3. The van der Waals surface area contributed by atoms with E-state index >= 15 is 0 Å². The van der Waals surface area contributed by atoms with Crippen molar-refractivity contribution in [2.45, 2.75) is 6.54 Å². The number of halogens is 2. The maximum Gasteiger partial charge on any atom is 0.131 e. The third kappa shape index (κ3) is 2.34. The molecule has 0 aliphatic carbocycles. The third-order valence-corrected chi connectivity index (χ3v) is 2.07. The molecule has 15 heavy (non-hydrogen) atoms. The van der Waals surface area contributed by atoms with Gasteiger partial charge in [-0.2, -0.15) is 0 Å². The van der Waals surface area contributed by atoms with E-state index in [0.29, 0.717) is 12.1 Å². The van der Waals surface area contributed by atoms with E-state index in [1.807, 2.05) is 12.1 Å². The molecule has 2 rings (SSSR count). The van der Waals surface area contributed by atoms with Gasteiger partial charge in [0.25, 0.3) is 0 Å². The smallest absolute Gasteiger partial charge is 0.131 e. The molecule has 0 spiro atoms. The maximum atomic E-state index is 13.2. The molecule has 2 nitrogen and oxygen atoms in total. The standard InChI is InChI=1S/C11H10F2N2/c12-10-4-3-9(11(13)7-10)8-14-15-5-1-2-6-15/h1-7,14H,8H2. The Morgan fingerprint density at radius 2 is 1.87 bits per heavy atom. The van der Waals surface area contributed by atoms with Crippen molar-refractivity contribution in [1.82, 2.24) is 4.68 Å². The third-order valence-electron chi connectivity index (χ3n) is 2.07. The first-order chi connectivity index (χ1) is 7.25. The Morgan fingerprint density at radius 3 is 2.53 bits per heavy atom. The van der Waals surface area contributed by atoms with Gasteiger partial charge in [0.1, 0.15) is 11.6 Å². The molecule has 1 aromatic carbocycles. The molecule has 2 aromatic rings. The Balaban J connectivity index is 2.05. The van der Waals surface area contributed by atoms with Crippen LogP contribution in [0.3, 0.4) is 0 Å². The molecule has 0 atom stereocenters. The highest BCUT2D eigenvalue weighted by atomic mass is 19.1. The predicted octanol–water partition coefficient (Wildman–Crippen LogP) is 2.51. The number of rotatable bonds is 3. The van der Waals surface area contributed by atoms with Gasteiger partial charge in [-0.3, -0.25) is 4.68 Å². The van der Waals surface area contributed by atoms with Crippen LogP contribution in [0.5, 0.6) is 0 Å². The molecule has 0 unspecified atom stereocenters. The predicted molar refractivity (Wildman–Crippen MR) is 53.9 cm³/mol. The first kappa shape index (κ1) is 9.71. The molecule has 0 aliphatic rings. The second kappa shape index (κ2) is 4.13. The first-order valence-electron chi connectivity index (χ1n) is 4.56. The van der Waals surface area contributed by atoms with Crippen molar-refractivity contribution in [3.8, 4) is 0 Å². The summed E-state index contributed by atoms with van der Waals surface area (Å²) in [6, 6.07) is 7.27. The number of hydrogen-bond acceptors (Lipinski definition) is 1. The first-order valence-corrected chi connectivity index (χ1v) is 4.56. The molecule has 0 fully saturated rings. The average molecular weight is 208 g/mol. The van der Waals surface area contributed by atoms with Crippen LogP contribution in [0.1, 0.15) is 5.56 Å². The fourth-order valence-electron chi connectivity index (χ4n) is 1.28. The summed E-state index contributed by atoms with van der Waals surface area (Å²) in [6.07, 6.45) is 3.61. The Bertz CT molecular complexity index is 438. The molecular weight excluding hydrogens is 198 g/mol. The lowest BCUT2D eigenvalue weighted by Crippen LogP contribution is -2.12. The topological polar surface area (TPSA) is 17.0 Å². The zero-order valence-corrected chi connectivity index (χ0v) is 7.95. The number of aromatic nitrogens is 1. The van der Waals surface area contributed by atoms with Gasteiger partial charge in [0, 0.05) is 24.0 Å². The van der Waals surface area contributed by atoms with Crippen molar-refractivity contribution >= 4 is 0 Å². The second-order valence-electron chi connectivity index (χ2n) is 3.16. The van der Waals surface area contributed by atoms with Gasteiger partial charge in [0.05, 0.1) is 6.54 Å². The second-order valence-corrected chi connectivity index (χ2v) is 3.16. The van der Waals surface area contributed by atoms with Crippen LogP contribution in [0, 0.1) is 11.6 Å². The molecule has 0 aliphatic heterocycles. The molecule has 1 N–H and O–H groups in total. The molecule has 4 heteroatoms. The summed E-state index contributed by atoms with van der Waals surface area (Å²) in [6.45, 7) is 0.320. The van der Waals surface area contributed by atoms with Crippen molar-refractivity contribution in [1.29, 1.82) is 0 Å². The van der Waals surface area contributed by atoms with Crippen molar-refractivity contribution in [3.05, 3.63) is 59.9 Å². The Hall–Kier alpha value is -1.84. The van der Waals surface area contributed by atoms with E-state index in [9.17, 15) is 8.78 Å². The van der Waals surface area contributed by atoms with Crippen LogP contribution in [-0.4, -0.2) is 4.68 Å². The Kier molecular flexibility index (Phi) is 2.67. The quantitative estimate of drug-likeness (QED) is 0.820. The summed E-state index contributed by atoms with van der Waals surface area (Å²) in [4.78, 5) is 0. The van der Waals surface area contributed by atoms with E-state index in [1.165, 1.54) is 12.1 Å². The molecule has 0 saturated carbocycles. The summed E-state index contributed by atoms with van der Waals surface area (Å²) < 4.78 is 27.5. The molecule has 0 bridgehead atoms. The number of hydrogen-bond donors (Lipinski definition) is 1. The number of nitrogens with one attached hydrogen (secondary N) is 1. The van der Waals surface area contributed by atoms with Crippen LogP contribution in [0.25, 0.3) is 0 Å². The molecule has 0 radical (unpaired) electrons. The van der Waals surface area contributed by atoms with E-state index < -0.39 is 11.6 Å². The highest BCUT2D eigenvalue weighted by Crippen LogP contribution is 2.09. The summed E-state index contributed by atoms with van der Waals surface area (Å²) in [5, 5.41) is 0. The molecule has 1 heterocycles. The van der Waals surface area contributed by atoms with Gasteiger partial charge in [-0.1, -0.05) is 6.07 Å². The van der Waals surface area contributed by atoms with Crippen molar-refractivity contribution < 1.29 is 8.78 Å². The zero-order valence-electron chi connectivity index (χ0n) is 7.95. The van der Waals surface area contributed by atoms with Crippen molar-refractivity contribution in [2.75, 3.05) is 5.43 Å². The summed E-state index contributed by atoms with van der Waals surface area (Å²) in [5.41, 5.74) is 3.39. The lowest BCUT2D eigenvalue weighted by Gasteiger charge is -2.08. The average Bonchev–Trinajstić information content (AvgIpc) is 2.69. The van der Waals surface area contributed by atoms with Crippen LogP contribution < -0.4 is 5.43 Å². The molecule has 1 aromatic heterocycles. The van der Waals surface area contributed by atoms with Gasteiger partial charge < -0.3 is 5.43 Å². The largest absolute Gasteiger partial charge is 0.322 e. The van der Waals surface area contributed by atoms with E-state index in [4.69, 9.17) is 0 Å². The number of nitrogens with zero attached hydrogens (tertiary/aromatic N) is 1. The molecule has 78 valence electrons. The molecular formula is C11H10F2N2. The SMILES string of the molecule is Fc1ccc(CNn2cccc2)c(F)c1. The zero-order chi connectivity index (χ0) is 10.7. The van der Waals surface area contributed by atoms with Gasteiger partial charge in [-0.15, -0.1) is 0 Å². The lowest BCUT2D eigenvalue weighted by atomic mass is 10.2. The van der Waals surface area contributed by atoms with Crippen LogP contribution >= 0.6 is 0 Å². The van der Waals surface area contributed by atoms with Crippen LogP contribution in [0.4, 0.5) is 8.78 Å². The van der Waals surface area contributed by atoms with E-state index in [1.54, 1.807) is 17.1 Å². The van der Waals surface area contributed by atoms with Gasteiger partial charge in [-0.05, 0) is 18.2 Å². The molecule has 0 saturated heterocycles. The number of benzene rings is 1.